The Morgan fingerprint density at radius 1 is 0.879 bits per heavy atom. The van der Waals surface area contributed by atoms with Crippen molar-refractivity contribution in [2.24, 2.45) is 5.92 Å². The van der Waals surface area contributed by atoms with Crippen LogP contribution in [0.25, 0.3) is 0 Å². The summed E-state index contributed by atoms with van der Waals surface area (Å²) in [4.78, 5) is 35.0. The lowest BCUT2D eigenvalue weighted by atomic mass is 9.85. The Morgan fingerprint density at radius 2 is 1.42 bits per heavy atom. The number of ether oxygens (including phenoxy) is 3. The second kappa shape index (κ2) is 11.1. The molecular weight excluding hydrogens is 420 g/mol. The van der Waals surface area contributed by atoms with Gasteiger partial charge >= 0.3 is 17.9 Å². The summed E-state index contributed by atoms with van der Waals surface area (Å²) >= 11 is 0. The van der Waals surface area contributed by atoms with Gasteiger partial charge in [-0.15, -0.1) is 0 Å². The molecule has 1 aliphatic rings. The van der Waals surface area contributed by atoms with E-state index in [1.54, 1.807) is 12.2 Å². The van der Waals surface area contributed by atoms with Gasteiger partial charge in [-0.05, 0) is 29.5 Å². The molecule has 0 aromatic heterocycles. The molecule has 6 heteroatoms. The van der Waals surface area contributed by atoms with Gasteiger partial charge in [0.25, 0.3) is 0 Å². The van der Waals surface area contributed by atoms with Crippen molar-refractivity contribution in [2.45, 2.75) is 11.8 Å². The standard InChI is InChI=1S/C27H26O6/c1-31-25(29)23(26(30)32-2)18-24(28)33-17-11-5-10-16-22-19-27(22,20-12-6-3-7-13-20)21-14-8-4-9-15-21/h3-16,18,22H,17,19H2,1-2H3/b11-5+,16-10+. The Labute approximate surface area is 193 Å². The van der Waals surface area contributed by atoms with Gasteiger partial charge in [0, 0.05) is 11.5 Å². The summed E-state index contributed by atoms with van der Waals surface area (Å²) in [5.41, 5.74) is 2.04. The monoisotopic (exact) mass is 446 g/mol. The molecule has 1 atom stereocenters. The maximum Gasteiger partial charge on any atom is 0.345 e. The number of hydrogen-bond acceptors (Lipinski definition) is 6. The number of carbonyl (C=O) groups is 3. The first-order valence-corrected chi connectivity index (χ1v) is 10.5. The second-order valence-electron chi connectivity index (χ2n) is 7.50. The van der Waals surface area contributed by atoms with Crippen molar-refractivity contribution in [3.8, 4) is 0 Å². The first kappa shape index (κ1) is 23.7. The summed E-state index contributed by atoms with van der Waals surface area (Å²) in [5.74, 6) is -2.42. The highest BCUT2D eigenvalue weighted by molar-refractivity contribution is 6.17. The topological polar surface area (TPSA) is 78.9 Å². The highest BCUT2D eigenvalue weighted by Crippen LogP contribution is 2.59. The maximum absolute atomic E-state index is 11.9. The second-order valence-corrected chi connectivity index (χ2v) is 7.50. The fourth-order valence-corrected chi connectivity index (χ4v) is 3.87. The molecule has 1 aliphatic carbocycles. The lowest BCUT2D eigenvalue weighted by Gasteiger charge is -2.18. The number of methoxy groups -OCH3 is 2. The van der Waals surface area contributed by atoms with Gasteiger partial charge in [0.15, 0.2) is 5.57 Å². The Bertz CT molecular complexity index is 1010. The SMILES string of the molecule is COC(=O)C(=CC(=O)OC/C=C/C=C/C1CC1(c1ccccc1)c1ccccc1)C(=O)OC. The predicted molar refractivity (Wildman–Crippen MR) is 123 cm³/mol. The van der Waals surface area contributed by atoms with E-state index in [2.05, 4.69) is 64.1 Å². The molecule has 0 heterocycles. The van der Waals surface area contributed by atoms with Gasteiger partial charge in [-0.1, -0.05) is 78.9 Å². The minimum atomic E-state index is -0.970. The average Bonchev–Trinajstić information content (AvgIpc) is 3.60. The van der Waals surface area contributed by atoms with Crippen molar-refractivity contribution in [3.63, 3.8) is 0 Å². The van der Waals surface area contributed by atoms with E-state index >= 15 is 0 Å². The fourth-order valence-electron chi connectivity index (χ4n) is 3.87. The molecule has 1 saturated carbocycles. The van der Waals surface area contributed by atoms with Gasteiger partial charge in [0.05, 0.1) is 14.2 Å². The number of benzene rings is 2. The van der Waals surface area contributed by atoms with E-state index in [1.165, 1.54) is 11.1 Å². The predicted octanol–water partition coefficient (Wildman–Crippen LogP) is 3.92. The number of rotatable bonds is 9. The summed E-state index contributed by atoms with van der Waals surface area (Å²) in [6.07, 6.45) is 9.36. The van der Waals surface area contributed by atoms with Crippen molar-refractivity contribution in [3.05, 3.63) is 108 Å². The molecule has 33 heavy (non-hydrogen) atoms. The van der Waals surface area contributed by atoms with Gasteiger partial charge in [-0.3, -0.25) is 0 Å². The van der Waals surface area contributed by atoms with E-state index in [9.17, 15) is 14.4 Å². The summed E-state index contributed by atoms with van der Waals surface area (Å²) in [7, 11) is 2.20. The summed E-state index contributed by atoms with van der Waals surface area (Å²) < 4.78 is 13.9. The van der Waals surface area contributed by atoms with Crippen LogP contribution < -0.4 is 0 Å². The van der Waals surface area contributed by atoms with Crippen LogP contribution >= 0.6 is 0 Å². The minimum Gasteiger partial charge on any atom is -0.465 e. The number of hydrogen-bond donors (Lipinski definition) is 0. The first-order chi connectivity index (χ1) is 16.0. The zero-order chi connectivity index (χ0) is 23.7. The molecule has 0 aliphatic heterocycles. The van der Waals surface area contributed by atoms with Crippen molar-refractivity contribution >= 4 is 17.9 Å². The fraction of sp³-hybridized carbons (Fsp3) is 0.222. The van der Waals surface area contributed by atoms with Crippen molar-refractivity contribution in [1.29, 1.82) is 0 Å². The summed E-state index contributed by atoms with van der Waals surface area (Å²) in [5, 5.41) is 0. The smallest absolute Gasteiger partial charge is 0.345 e. The Morgan fingerprint density at radius 3 is 1.94 bits per heavy atom. The molecule has 0 saturated heterocycles. The van der Waals surface area contributed by atoms with Crippen molar-refractivity contribution in [2.75, 3.05) is 20.8 Å². The normalized spacial score (nSPS) is 16.2. The molecule has 2 aromatic carbocycles. The van der Waals surface area contributed by atoms with Crippen LogP contribution in [0, 0.1) is 5.92 Å². The third-order valence-electron chi connectivity index (χ3n) is 5.58. The number of carbonyl (C=O) groups excluding carboxylic acids is 3. The molecule has 0 spiro atoms. The molecule has 3 rings (SSSR count). The van der Waals surface area contributed by atoms with E-state index in [0.717, 1.165) is 26.7 Å². The molecule has 1 unspecified atom stereocenters. The van der Waals surface area contributed by atoms with E-state index in [-0.39, 0.29) is 12.0 Å². The zero-order valence-electron chi connectivity index (χ0n) is 18.6. The molecule has 0 amide bonds. The molecule has 6 nitrogen and oxygen atoms in total. The summed E-state index contributed by atoms with van der Waals surface area (Å²) in [6.45, 7) is -0.0114. The van der Waals surface area contributed by atoms with Gasteiger partial charge < -0.3 is 14.2 Å². The molecule has 0 bridgehead atoms. The molecule has 0 N–H and O–H groups in total. The Hall–Kier alpha value is -3.93. The van der Waals surface area contributed by atoms with Gasteiger partial charge in [0.2, 0.25) is 0 Å². The van der Waals surface area contributed by atoms with E-state index < -0.39 is 23.5 Å². The van der Waals surface area contributed by atoms with E-state index in [1.807, 2.05) is 18.2 Å². The maximum atomic E-state index is 11.9. The lowest BCUT2D eigenvalue weighted by molar-refractivity contribution is -0.145. The largest absolute Gasteiger partial charge is 0.465 e. The molecule has 1 fully saturated rings. The van der Waals surface area contributed by atoms with Crippen molar-refractivity contribution in [1.82, 2.24) is 0 Å². The molecule has 0 radical (unpaired) electrons. The Balaban J connectivity index is 1.59. The third kappa shape index (κ3) is 5.66. The third-order valence-corrected chi connectivity index (χ3v) is 5.58. The summed E-state index contributed by atoms with van der Waals surface area (Å²) in [6, 6.07) is 21.0. The average molecular weight is 446 g/mol. The molecule has 170 valence electrons. The van der Waals surface area contributed by atoms with Crippen LogP contribution in [0.3, 0.4) is 0 Å². The van der Waals surface area contributed by atoms with Crippen LogP contribution in [-0.4, -0.2) is 38.7 Å². The van der Waals surface area contributed by atoms with Crippen molar-refractivity contribution < 1.29 is 28.6 Å². The quantitative estimate of drug-likeness (QED) is 0.145. The molecular formula is C27H26O6. The van der Waals surface area contributed by atoms with E-state index in [0.29, 0.717) is 5.92 Å². The molecule has 2 aromatic rings. The van der Waals surface area contributed by atoms with Crippen LogP contribution in [0.15, 0.2) is 96.6 Å². The first-order valence-electron chi connectivity index (χ1n) is 10.5. The van der Waals surface area contributed by atoms with Crippen LogP contribution in [-0.2, 0) is 34.0 Å². The van der Waals surface area contributed by atoms with Crippen LogP contribution in [0.1, 0.15) is 17.5 Å². The number of esters is 3. The Kier molecular flexibility index (Phi) is 7.97. The highest BCUT2D eigenvalue weighted by atomic mass is 16.5. The van der Waals surface area contributed by atoms with Crippen LogP contribution in [0.4, 0.5) is 0 Å². The van der Waals surface area contributed by atoms with Gasteiger partial charge in [0.1, 0.15) is 6.61 Å². The minimum absolute atomic E-state index is 0.0114. The lowest BCUT2D eigenvalue weighted by Crippen LogP contribution is -2.18. The highest BCUT2D eigenvalue weighted by Gasteiger charge is 2.54. The van der Waals surface area contributed by atoms with E-state index in [4.69, 9.17) is 4.74 Å². The van der Waals surface area contributed by atoms with Gasteiger partial charge in [-0.2, -0.15) is 0 Å². The zero-order valence-corrected chi connectivity index (χ0v) is 18.6. The van der Waals surface area contributed by atoms with Crippen LogP contribution in [0.2, 0.25) is 0 Å². The van der Waals surface area contributed by atoms with Gasteiger partial charge in [-0.25, -0.2) is 14.4 Å². The van der Waals surface area contributed by atoms with Crippen LogP contribution in [0.5, 0.6) is 0 Å². The number of allylic oxidation sites excluding steroid dienone is 3.